The topological polar surface area (TPSA) is 35.6 Å². The molecule has 0 aliphatic carbocycles. The molecule has 0 bridgehead atoms. The lowest BCUT2D eigenvalue weighted by molar-refractivity contribution is -0.117. The lowest BCUT2D eigenvalue weighted by Crippen LogP contribution is -2.30. The maximum absolute atomic E-state index is 12.0. The first-order valence-electron chi connectivity index (χ1n) is 6.58. The Labute approximate surface area is 119 Å². The minimum atomic E-state index is -0.241. The van der Waals surface area contributed by atoms with Gasteiger partial charge in [0.2, 0.25) is 0 Å². The predicted molar refractivity (Wildman–Crippen MR) is 82.7 cm³/mol. The number of carbonyl (C=O) groups excluding carboxylic acids is 1. The second-order valence-corrected chi connectivity index (χ2v) is 4.92. The summed E-state index contributed by atoms with van der Waals surface area (Å²) in [5.74, 6) is 0.000546. The fourth-order valence-electron chi connectivity index (χ4n) is 2.25. The highest BCUT2D eigenvalue weighted by atomic mass is 32.1. The summed E-state index contributed by atoms with van der Waals surface area (Å²) in [4.78, 5) is 15.8. The summed E-state index contributed by atoms with van der Waals surface area (Å²) in [6, 6.07) is 7.70. The minimum Gasteiger partial charge on any atom is -0.372 e. The van der Waals surface area contributed by atoms with Crippen molar-refractivity contribution in [3.8, 4) is 0 Å². The molecule has 1 aliphatic rings. The first kappa shape index (κ1) is 13.8. The molecule has 1 aromatic rings. The standard InChI is InChI=1S/C14H19N3OS/c1-4-16(5-2)11-6-8-12(9-7-11)17-13(18)10(3)15-14(17)19/h6-10H,4-5H2,1-3H3,(H,15,19)/t10-/m1/s1. The van der Waals surface area contributed by atoms with Gasteiger partial charge < -0.3 is 10.2 Å². The molecular weight excluding hydrogens is 258 g/mol. The Morgan fingerprint density at radius 3 is 2.26 bits per heavy atom. The molecule has 1 amide bonds. The van der Waals surface area contributed by atoms with Crippen molar-refractivity contribution in [1.82, 2.24) is 5.32 Å². The van der Waals surface area contributed by atoms with E-state index >= 15 is 0 Å². The Balaban J connectivity index is 2.23. The van der Waals surface area contributed by atoms with Crippen LogP contribution in [-0.2, 0) is 4.79 Å². The molecule has 19 heavy (non-hydrogen) atoms. The van der Waals surface area contributed by atoms with Gasteiger partial charge in [0.25, 0.3) is 5.91 Å². The third kappa shape index (κ3) is 2.56. The third-order valence-corrected chi connectivity index (χ3v) is 3.67. The summed E-state index contributed by atoms with van der Waals surface area (Å²) in [7, 11) is 0. The molecule has 1 aliphatic heterocycles. The van der Waals surface area contributed by atoms with Crippen LogP contribution in [0.1, 0.15) is 20.8 Å². The number of thiocarbonyl (C=S) groups is 1. The monoisotopic (exact) mass is 277 g/mol. The molecular formula is C14H19N3OS. The smallest absolute Gasteiger partial charge is 0.255 e. The number of amides is 1. The fourth-order valence-corrected chi connectivity index (χ4v) is 2.62. The van der Waals surface area contributed by atoms with Crippen molar-refractivity contribution in [1.29, 1.82) is 0 Å². The number of hydrogen-bond acceptors (Lipinski definition) is 3. The van der Waals surface area contributed by atoms with Crippen LogP contribution in [-0.4, -0.2) is 30.2 Å². The van der Waals surface area contributed by atoms with Crippen LogP contribution in [0.5, 0.6) is 0 Å². The average Bonchev–Trinajstić information content (AvgIpc) is 2.66. The second kappa shape index (κ2) is 5.57. The van der Waals surface area contributed by atoms with E-state index < -0.39 is 0 Å². The van der Waals surface area contributed by atoms with Gasteiger partial charge in [-0.1, -0.05) is 0 Å². The van der Waals surface area contributed by atoms with Crippen LogP contribution in [0.2, 0.25) is 0 Å². The van der Waals surface area contributed by atoms with E-state index in [2.05, 4.69) is 24.1 Å². The van der Waals surface area contributed by atoms with Crippen LogP contribution in [0.25, 0.3) is 0 Å². The SMILES string of the molecule is CCN(CC)c1ccc(N2C(=O)[C@@H](C)NC2=S)cc1. The van der Waals surface area contributed by atoms with Crippen LogP contribution >= 0.6 is 12.2 Å². The zero-order valence-corrected chi connectivity index (χ0v) is 12.3. The molecule has 1 heterocycles. The Bertz CT molecular complexity index is 482. The maximum Gasteiger partial charge on any atom is 0.255 e. The number of benzene rings is 1. The number of nitrogens with zero attached hydrogens (tertiary/aromatic N) is 2. The predicted octanol–water partition coefficient (Wildman–Crippen LogP) is 2.14. The Morgan fingerprint density at radius 2 is 1.84 bits per heavy atom. The van der Waals surface area contributed by atoms with Crippen molar-refractivity contribution in [2.24, 2.45) is 0 Å². The van der Waals surface area contributed by atoms with E-state index in [0.717, 1.165) is 24.5 Å². The molecule has 0 saturated carbocycles. The van der Waals surface area contributed by atoms with Crippen LogP contribution in [0.3, 0.4) is 0 Å². The van der Waals surface area contributed by atoms with Crippen LogP contribution < -0.4 is 15.1 Å². The zero-order chi connectivity index (χ0) is 14.0. The number of nitrogens with one attached hydrogen (secondary N) is 1. The van der Waals surface area contributed by atoms with E-state index in [4.69, 9.17) is 12.2 Å². The fraction of sp³-hybridized carbons (Fsp3) is 0.429. The van der Waals surface area contributed by atoms with Crippen LogP contribution in [0, 0.1) is 0 Å². The highest BCUT2D eigenvalue weighted by Gasteiger charge is 2.33. The van der Waals surface area contributed by atoms with Crippen molar-refractivity contribution in [3.63, 3.8) is 0 Å². The van der Waals surface area contributed by atoms with Gasteiger partial charge in [0.15, 0.2) is 5.11 Å². The first-order valence-corrected chi connectivity index (χ1v) is 6.98. The quantitative estimate of drug-likeness (QED) is 0.855. The highest BCUT2D eigenvalue weighted by molar-refractivity contribution is 7.80. The summed E-state index contributed by atoms with van der Waals surface area (Å²) in [6.07, 6.45) is 0. The van der Waals surface area contributed by atoms with Crippen molar-refractivity contribution in [2.45, 2.75) is 26.8 Å². The number of carbonyl (C=O) groups is 1. The molecule has 1 saturated heterocycles. The molecule has 4 nitrogen and oxygen atoms in total. The zero-order valence-electron chi connectivity index (χ0n) is 11.5. The molecule has 1 N–H and O–H groups in total. The number of hydrogen-bond donors (Lipinski definition) is 1. The number of rotatable bonds is 4. The van der Waals surface area contributed by atoms with E-state index in [1.165, 1.54) is 0 Å². The lowest BCUT2D eigenvalue weighted by atomic mass is 10.2. The molecule has 1 fully saturated rings. The molecule has 5 heteroatoms. The van der Waals surface area contributed by atoms with E-state index in [-0.39, 0.29) is 11.9 Å². The van der Waals surface area contributed by atoms with E-state index in [0.29, 0.717) is 5.11 Å². The van der Waals surface area contributed by atoms with Gasteiger partial charge in [-0.05, 0) is 57.3 Å². The van der Waals surface area contributed by atoms with Gasteiger partial charge in [-0.2, -0.15) is 0 Å². The van der Waals surface area contributed by atoms with Crippen molar-refractivity contribution >= 4 is 34.6 Å². The van der Waals surface area contributed by atoms with Crippen LogP contribution in [0.15, 0.2) is 24.3 Å². The summed E-state index contributed by atoms with van der Waals surface area (Å²) in [5.41, 5.74) is 1.98. The molecule has 0 aromatic heterocycles. The number of anilines is 2. The van der Waals surface area contributed by atoms with Gasteiger partial charge in [-0.3, -0.25) is 9.69 Å². The molecule has 1 aromatic carbocycles. The van der Waals surface area contributed by atoms with Gasteiger partial charge in [0.1, 0.15) is 6.04 Å². The largest absolute Gasteiger partial charge is 0.372 e. The maximum atomic E-state index is 12.0. The van der Waals surface area contributed by atoms with Crippen molar-refractivity contribution in [3.05, 3.63) is 24.3 Å². The second-order valence-electron chi connectivity index (χ2n) is 4.53. The summed E-state index contributed by atoms with van der Waals surface area (Å²) in [6.45, 7) is 8.01. The Morgan fingerprint density at radius 1 is 1.26 bits per heavy atom. The Kier molecular flexibility index (Phi) is 4.04. The third-order valence-electron chi connectivity index (χ3n) is 3.37. The van der Waals surface area contributed by atoms with Crippen molar-refractivity contribution < 1.29 is 4.79 Å². The Hall–Kier alpha value is -1.62. The first-order chi connectivity index (χ1) is 9.08. The molecule has 1 atom stereocenters. The van der Waals surface area contributed by atoms with E-state index in [1.54, 1.807) is 4.90 Å². The van der Waals surface area contributed by atoms with Crippen LogP contribution in [0.4, 0.5) is 11.4 Å². The normalized spacial score (nSPS) is 18.7. The van der Waals surface area contributed by atoms with Crippen molar-refractivity contribution in [2.75, 3.05) is 22.9 Å². The van der Waals surface area contributed by atoms with E-state index in [9.17, 15) is 4.79 Å². The lowest BCUT2D eigenvalue weighted by Gasteiger charge is -2.22. The molecule has 2 rings (SSSR count). The average molecular weight is 277 g/mol. The highest BCUT2D eigenvalue weighted by Crippen LogP contribution is 2.23. The summed E-state index contributed by atoms with van der Waals surface area (Å²) >= 11 is 5.19. The molecule has 0 radical (unpaired) electrons. The molecule has 102 valence electrons. The van der Waals surface area contributed by atoms with Gasteiger partial charge in [-0.15, -0.1) is 0 Å². The van der Waals surface area contributed by atoms with E-state index in [1.807, 2.05) is 31.2 Å². The summed E-state index contributed by atoms with van der Waals surface area (Å²) in [5, 5.41) is 3.45. The van der Waals surface area contributed by atoms with Gasteiger partial charge in [0, 0.05) is 18.8 Å². The van der Waals surface area contributed by atoms with Gasteiger partial charge in [-0.25, -0.2) is 0 Å². The summed E-state index contributed by atoms with van der Waals surface area (Å²) < 4.78 is 0. The minimum absolute atomic E-state index is 0.000546. The molecule has 0 spiro atoms. The van der Waals surface area contributed by atoms with Gasteiger partial charge in [0.05, 0.1) is 5.69 Å². The van der Waals surface area contributed by atoms with Gasteiger partial charge >= 0.3 is 0 Å². The molecule has 0 unspecified atom stereocenters.